The number of amides is 1. The monoisotopic (exact) mass is 305 g/mol. The second kappa shape index (κ2) is 6.89. The molecule has 0 aliphatic heterocycles. The summed E-state index contributed by atoms with van der Waals surface area (Å²) < 4.78 is 18.6. The lowest BCUT2D eigenvalue weighted by Crippen LogP contribution is -2.24. The number of hydrogen-bond acceptors (Lipinski definition) is 3. The molecule has 6 heteroatoms. The topological polar surface area (TPSA) is 79.5 Å². The van der Waals surface area contributed by atoms with Gasteiger partial charge in [0.25, 0.3) is 0 Å². The maximum Gasteiger partial charge on any atom is 0.371 e. The number of carboxylic acid groups (broad SMARTS) is 1. The van der Waals surface area contributed by atoms with Crippen molar-refractivity contribution in [3.63, 3.8) is 0 Å². The fourth-order valence-electron chi connectivity index (χ4n) is 2.11. The first-order valence-electron chi connectivity index (χ1n) is 6.80. The third-order valence-electron chi connectivity index (χ3n) is 3.26. The van der Waals surface area contributed by atoms with E-state index in [4.69, 9.17) is 9.52 Å². The van der Waals surface area contributed by atoms with Crippen molar-refractivity contribution in [2.24, 2.45) is 0 Å². The highest BCUT2D eigenvalue weighted by atomic mass is 19.1. The summed E-state index contributed by atoms with van der Waals surface area (Å²) in [6, 6.07) is 9.15. The standard InChI is InChI=1S/C16H16FNO4/c1-10(12-4-2-3-5-13(12)17)8-15(19)18-9-11-6-7-14(22-11)16(20)21/h2-7,10H,8-9H2,1H3,(H,18,19)(H,20,21). The zero-order valence-electron chi connectivity index (χ0n) is 12.0. The van der Waals surface area contributed by atoms with E-state index < -0.39 is 5.97 Å². The van der Waals surface area contributed by atoms with Gasteiger partial charge in [-0.3, -0.25) is 4.79 Å². The van der Waals surface area contributed by atoms with Gasteiger partial charge in [-0.25, -0.2) is 9.18 Å². The number of nitrogens with one attached hydrogen (secondary N) is 1. The highest BCUT2D eigenvalue weighted by Gasteiger charge is 2.15. The van der Waals surface area contributed by atoms with E-state index in [1.807, 2.05) is 0 Å². The molecule has 0 saturated heterocycles. The maximum absolute atomic E-state index is 13.6. The highest BCUT2D eigenvalue weighted by Crippen LogP contribution is 2.21. The number of aromatic carboxylic acids is 1. The second-order valence-corrected chi connectivity index (χ2v) is 4.97. The van der Waals surface area contributed by atoms with E-state index in [-0.39, 0.29) is 36.4 Å². The molecule has 1 heterocycles. The summed E-state index contributed by atoms with van der Waals surface area (Å²) in [5.74, 6) is -1.84. The molecule has 1 amide bonds. The number of carbonyl (C=O) groups excluding carboxylic acids is 1. The van der Waals surface area contributed by atoms with E-state index in [1.54, 1.807) is 25.1 Å². The van der Waals surface area contributed by atoms with Gasteiger partial charge in [-0.2, -0.15) is 0 Å². The molecule has 1 aromatic carbocycles. The molecule has 5 nitrogen and oxygen atoms in total. The van der Waals surface area contributed by atoms with Crippen LogP contribution >= 0.6 is 0 Å². The van der Waals surface area contributed by atoms with Gasteiger partial charge in [-0.05, 0) is 29.7 Å². The Hall–Kier alpha value is -2.63. The first kappa shape index (κ1) is 15.8. The van der Waals surface area contributed by atoms with Crippen LogP contribution in [-0.2, 0) is 11.3 Å². The van der Waals surface area contributed by atoms with E-state index >= 15 is 0 Å². The van der Waals surface area contributed by atoms with Crippen LogP contribution in [0.15, 0.2) is 40.8 Å². The molecule has 0 aliphatic carbocycles. The van der Waals surface area contributed by atoms with Crippen LogP contribution in [0.5, 0.6) is 0 Å². The first-order chi connectivity index (χ1) is 10.5. The van der Waals surface area contributed by atoms with Gasteiger partial charge in [0.15, 0.2) is 0 Å². The number of halogens is 1. The van der Waals surface area contributed by atoms with Gasteiger partial charge < -0.3 is 14.8 Å². The van der Waals surface area contributed by atoms with Crippen molar-refractivity contribution in [2.45, 2.75) is 25.8 Å². The number of carboxylic acids is 1. The van der Waals surface area contributed by atoms with Crippen molar-refractivity contribution >= 4 is 11.9 Å². The first-order valence-corrected chi connectivity index (χ1v) is 6.80. The van der Waals surface area contributed by atoms with Crippen LogP contribution in [0.25, 0.3) is 0 Å². The van der Waals surface area contributed by atoms with Crippen LogP contribution in [0.2, 0.25) is 0 Å². The number of rotatable bonds is 6. The van der Waals surface area contributed by atoms with Gasteiger partial charge in [0.1, 0.15) is 11.6 Å². The van der Waals surface area contributed by atoms with Crippen LogP contribution in [0.3, 0.4) is 0 Å². The second-order valence-electron chi connectivity index (χ2n) is 4.97. The van der Waals surface area contributed by atoms with E-state index in [9.17, 15) is 14.0 Å². The van der Waals surface area contributed by atoms with Gasteiger partial charge in [0.05, 0.1) is 6.54 Å². The number of hydrogen-bond donors (Lipinski definition) is 2. The van der Waals surface area contributed by atoms with Crippen LogP contribution in [0, 0.1) is 5.82 Å². The van der Waals surface area contributed by atoms with Crippen molar-refractivity contribution in [3.05, 3.63) is 59.3 Å². The van der Waals surface area contributed by atoms with Gasteiger partial charge >= 0.3 is 5.97 Å². The quantitative estimate of drug-likeness (QED) is 0.860. The van der Waals surface area contributed by atoms with Gasteiger partial charge in [0.2, 0.25) is 11.7 Å². The minimum Gasteiger partial charge on any atom is -0.475 e. The molecular formula is C16H16FNO4. The summed E-state index contributed by atoms with van der Waals surface area (Å²) in [4.78, 5) is 22.5. The number of furan rings is 1. The summed E-state index contributed by atoms with van der Waals surface area (Å²) >= 11 is 0. The van der Waals surface area contributed by atoms with Crippen molar-refractivity contribution in [1.82, 2.24) is 5.32 Å². The van der Waals surface area contributed by atoms with E-state index in [1.165, 1.54) is 18.2 Å². The van der Waals surface area contributed by atoms with Gasteiger partial charge in [0, 0.05) is 6.42 Å². The van der Waals surface area contributed by atoms with Gasteiger partial charge in [-0.15, -0.1) is 0 Å². The molecule has 116 valence electrons. The molecule has 1 atom stereocenters. The average Bonchev–Trinajstić information content (AvgIpc) is 2.94. The molecular weight excluding hydrogens is 289 g/mol. The molecule has 2 aromatic rings. The molecule has 0 fully saturated rings. The average molecular weight is 305 g/mol. The fourth-order valence-corrected chi connectivity index (χ4v) is 2.11. The zero-order chi connectivity index (χ0) is 16.1. The van der Waals surface area contributed by atoms with Crippen molar-refractivity contribution < 1.29 is 23.5 Å². The molecule has 2 N–H and O–H groups in total. The Morgan fingerprint density at radius 1 is 1.27 bits per heavy atom. The van der Waals surface area contributed by atoms with Crippen LogP contribution in [0.4, 0.5) is 4.39 Å². The van der Waals surface area contributed by atoms with Crippen molar-refractivity contribution in [1.29, 1.82) is 0 Å². The third kappa shape index (κ3) is 3.94. The lowest BCUT2D eigenvalue weighted by Gasteiger charge is -2.12. The molecule has 0 spiro atoms. The summed E-state index contributed by atoms with van der Waals surface area (Å²) in [7, 11) is 0. The molecule has 1 unspecified atom stereocenters. The Kier molecular flexibility index (Phi) is 4.93. The summed E-state index contributed by atoms with van der Waals surface area (Å²) in [5.41, 5.74) is 0.490. The van der Waals surface area contributed by atoms with Gasteiger partial charge in [-0.1, -0.05) is 25.1 Å². The molecule has 2 rings (SSSR count). The molecule has 0 aliphatic rings. The Morgan fingerprint density at radius 3 is 2.64 bits per heavy atom. The third-order valence-corrected chi connectivity index (χ3v) is 3.26. The van der Waals surface area contributed by atoms with E-state index in [2.05, 4.69) is 5.32 Å². The summed E-state index contributed by atoms with van der Waals surface area (Å²) in [6.07, 6.45) is 0.132. The molecule has 0 radical (unpaired) electrons. The van der Waals surface area contributed by atoms with E-state index in [0.717, 1.165) is 0 Å². The van der Waals surface area contributed by atoms with Crippen molar-refractivity contribution in [3.8, 4) is 0 Å². The Labute approximate surface area is 126 Å². The minimum atomic E-state index is -1.16. The Bertz CT molecular complexity index is 680. The maximum atomic E-state index is 13.6. The van der Waals surface area contributed by atoms with Crippen LogP contribution in [-0.4, -0.2) is 17.0 Å². The molecule has 0 saturated carbocycles. The smallest absolute Gasteiger partial charge is 0.371 e. The summed E-state index contributed by atoms with van der Waals surface area (Å²) in [6.45, 7) is 1.86. The largest absolute Gasteiger partial charge is 0.475 e. The Balaban J connectivity index is 1.87. The van der Waals surface area contributed by atoms with E-state index in [0.29, 0.717) is 11.3 Å². The SMILES string of the molecule is CC(CC(=O)NCc1ccc(C(=O)O)o1)c1ccccc1F. The zero-order valence-corrected chi connectivity index (χ0v) is 12.0. The number of benzene rings is 1. The van der Waals surface area contributed by atoms with Crippen molar-refractivity contribution in [2.75, 3.05) is 0 Å². The fraction of sp³-hybridized carbons (Fsp3) is 0.250. The van der Waals surface area contributed by atoms with Crippen LogP contribution in [0.1, 0.15) is 41.1 Å². The van der Waals surface area contributed by atoms with Crippen LogP contribution < -0.4 is 5.32 Å². The molecule has 1 aromatic heterocycles. The molecule has 0 bridgehead atoms. The normalized spacial score (nSPS) is 11.9. The molecule has 22 heavy (non-hydrogen) atoms. The summed E-state index contributed by atoms with van der Waals surface area (Å²) in [5, 5.41) is 11.4. The highest BCUT2D eigenvalue weighted by molar-refractivity contribution is 5.84. The number of carbonyl (C=O) groups is 2. The predicted molar refractivity (Wildman–Crippen MR) is 76.9 cm³/mol. The Morgan fingerprint density at radius 2 is 2.00 bits per heavy atom. The minimum absolute atomic E-state index is 0.0934. The lowest BCUT2D eigenvalue weighted by atomic mass is 9.97. The predicted octanol–water partition coefficient (Wildman–Crippen LogP) is 2.93. The lowest BCUT2D eigenvalue weighted by molar-refractivity contribution is -0.121.